The number of carbonyl (C=O) groups is 3. The fourth-order valence-corrected chi connectivity index (χ4v) is 4.66. The fraction of sp³-hybridized carbons (Fsp3) is 0.194. The third kappa shape index (κ3) is 5.91. The summed E-state index contributed by atoms with van der Waals surface area (Å²) in [7, 11) is 0. The van der Waals surface area contributed by atoms with E-state index in [4.69, 9.17) is 24.7 Å². The summed E-state index contributed by atoms with van der Waals surface area (Å²) in [6.45, 7) is 1.08. The summed E-state index contributed by atoms with van der Waals surface area (Å²) in [5.41, 5.74) is 3.83. The maximum absolute atomic E-state index is 13.4. The lowest BCUT2D eigenvalue weighted by atomic mass is 9.95. The molecule has 0 amide bonds. The first-order chi connectivity index (χ1) is 20.3. The number of ether oxygens (including phenoxy) is 4. The van der Waals surface area contributed by atoms with Gasteiger partial charge in [0.05, 0.1) is 16.7 Å². The average Bonchev–Trinajstić information content (AvgIpc) is 3.27. The van der Waals surface area contributed by atoms with Gasteiger partial charge in [-0.3, -0.25) is 4.57 Å². The van der Waals surface area contributed by atoms with Gasteiger partial charge in [-0.25, -0.2) is 19.2 Å². The standard InChI is InChI=1S/C31H27N3O8/c1-31(42-28(37)22-15-9-4-10-16-22)25(41-27(36)21-13-7-3-8-14-21)23(19-39-26(35)20-11-5-2-6-12-20)40-29(31)34-18-17-24(32)33-30(34)38/h2-18,23,25,29H,19H2,1H3,(H2,32,33,38). The summed E-state index contributed by atoms with van der Waals surface area (Å²) in [5, 5.41) is 0. The highest BCUT2D eigenvalue weighted by molar-refractivity contribution is 5.91. The van der Waals surface area contributed by atoms with E-state index < -0.39 is 54.2 Å². The molecule has 11 heteroatoms. The highest BCUT2D eigenvalue weighted by Crippen LogP contribution is 2.43. The molecule has 1 saturated heterocycles. The monoisotopic (exact) mass is 569 g/mol. The Hall–Kier alpha value is -5.29. The van der Waals surface area contributed by atoms with Gasteiger partial charge in [-0.15, -0.1) is 0 Å². The van der Waals surface area contributed by atoms with Gasteiger partial charge in [0.1, 0.15) is 18.5 Å². The molecule has 4 atom stereocenters. The average molecular weight is 570 g/mol. The van der Waals surface area contributed by atoms with Crippen LogP contribution in [0, 0.1) is 0 Å². The predicted molar refractivity (Wildman–Crippen MR) is 149 cm³/mol. The number of benzene rings is 3. The number of hydrogen-bond donors (Lipinski definition) is 1. The quantitative estimate of drug-likeness (QED) is 0.247. The van der Waals surface area contributed by atoms with Crippen LogP contribution in [0.3, 0.4) is 0 Å². The summed E-state index contributed by atoms with van der Waals surface area (Å²) in [5.74, 6) is -2.18. The van der Waals surface area contributed by atoms with Crippen molar-refractivity contribution in [3.05, 3.63) is 130 Å². The Kier molecular flexibility index (Phi) is 8.12. The van der Waals surface area contributed by atoms with Gasteiger partial charge < -0.3 is 24.7 Å². The zero-order valence-corrected chi connectivity index (χ0v) is 22.5. The number of hydrogen-bond acceptors (Lipinski definition) is 10. The molecular formula is C31H27N3O8. The van der Waals surface area contributed by atoms with E-state index in [9.17, 15) is 19.2 Å². The molecule has 2 heterocycles. The number of carbonyl (C=O) groups excluding carboxylic acids is 3. The number of anilines is 1. The molecule has 1 fully saturated rings. The van der Waals surface area contributed by atoms with Crippen molar-refractivity contribution in [3.63, 3.8) is 0 Å². The number of nitrogen functional groups attached to an aromatic ring is 1. The summed E-state index contributed by atoms with van der Waals surface area (Å²) in [6.07, 6.45) is -2.51. The lowest BCUT2D eigenvalue weighted by molar-refractivity contribution is -0.111. The molecule has 0 radical (unpaired) electrons. The van der Waals surface area contributed by atoms with Crippen LogP contribution in [-0.2, 0) is 18.9 Å². The zero-order valence-electron chi connectivity index (χ0n) is 22.5. The third-order valence-electron chi connectivity index (χ3n) is 6.75. The summed E-state index contributed by atoms with van der Waals surface area (Å²) < 4.78 is 24.7. The number of nitrogens with two attached hydrogens (primary N) is 1. The van der Waals surface area contributed by atoms with Gasteiger partial charge in [0.25, 0.3) is 0 Å². The molecule has 2 N–H and O–H groups in total. The van der Waals surface area contributed by atoms with E-state index in [0.29, 0.717) is 5.56 Å². The van der Waals surface area contributed by atoms with Gasteiger partial charge in [0.2, 0.25) is 0 Å². The molecule has 1 aliphatic rings. The summed E-state index contributed by atoms with van der Waals surface area (Å²) in [6, 6.07) is 26.0. The van der Waals surface area contributed by atoms with Crippen molar-refractivity contribution < 1.29 is 33.3 Å². The smallest absolute Gasteiger partial charge is 0.351 e. The maximum Gasteiger partial charge on any atom is 0.351 e. The van der Waals surface area contributed by atoms with E-state index in [0.717, 1.165) is 4.57 Å². The van der Waals surface area contributed by atoms with Gasteiger partial charge in [-0.2, -0.15) is 4.98 Å². The molecule has 0 spiro atoms. The molecule has 3 aromatic carbocycles. The lowest BCUT2D eigenvalue weighted by Crippen LogP contribution is -2.51. The molecule has 5 rings (SSSR count). The van der Waals surface area contributed by atoms with Gasteiger partial charge >= 0.3 is 23.6 Å². The van der Waals surface area contributed by atoms with Crippen molar-refractivity contribution in [2.45, 2.75) is 31.0 Å². The van der Waals surface area contributed by atoms with Crippen LogP contribution in [0.25, 0.3) is 0 Å². The van der Waals surface area contributed by atoms with Gasteiger partial charge in [-0.05, 0) is 49.4 Å². The lowest BCUT2D eigenvalue weighted by Gasteiger charge is -2.34. The second-order valence-electron chi connectivity index (χ2n) is 9.66. The second-order valence-corrected chi connectivity index (χ2v) is 9.66. The molecule has 42 heavy (non-hydrogen) atoms. The SMILES string of the molecule is CC1(OC(=O)c2ccccc2)C(OC(=O)c2ccccc2)C(COC(=O)c2ccccc2)OC1n1ccc(N)nc1=O. The van der Waals surface area contributed by atoms with Crippen molar-refractivity contribution in [2.75, 3.05) is 12.3 Å². The van der Waals surface area contributed by atoms with Crippen LogP contribution in [0.4, 0.5) is 5.82 Å². The number of aromatic nitrogens is 2. The van der Waals surface area contributed by atoms with E-state index in [1.807, 2.05) is 0 Å². The highest BCUT2D eigenvalue weighted by Gasteiger charge is 2.60. The van der Waals surface area contributed by atoms with Crippen LogP contribution in [-0.4, -0.2) is 51.9 Å². The molecular weight excluding hydrogens is 542 g/mol. The Bertz CT molecular complexity index is 1630. The van der Waals surface area contributed by atoms with Crippen LogP contribution < -0.4 is 11.4 Å². The van der Waals surface area contributed by atoms with E-state index in [1.54, 1.807) is 91.0 Å². The Morgan fingerprint density at radius 1 is 0.833 bits per heavy atom. The Morgan fingerprint density at radius 2 is 1.36 bits per heavy atom. The van der Waals surface area contributed by atoms with Crippen LogP contribution >= 0.6 is 0 Å². The minimum absolute atomic E-state index is 0.0300. The number of esters is 3. The number of rotatable bonds is 8. The molecule has 214 valence electrons. The van der Waals surface area contributed by atoms with E-state index >= 15 is 0 Å². The zero-order chi connectivity index (χ0) is 29.7. The molecule has 0 bridgehead atoms. The third-order valence-corrected chi connectivity index (χ3v) is 6.75. The highest BCUT2D eigenvalue weighted by atomic mass is 16.7. The van der Waals surface area contributed by atoms with Gasteiger partial charge in [0.15, 0.2) is 17.9 Å². The Morgan fingerprint density at radius 3 is 1.90 bits per heavy atom. The summed E-state index contributed by atoms with van der Waals surface area (Å²) in [4.78, 5) is 56.1. The van der Waals surface area contributed by atoms with Crippen molar-refractivity contribution in [1.82, 2.24) is 9.55 Å². The Labute approximate surface area is 240 Å². The van der Waals surface area contributed by atoms with Crippen LogP contribution in [0.15, 0.2) is 108 Å². The van der Waals surface area contributed by atoms with Crippen molar-refractivity contribution in [2.24, 2.45) is 0 Å². The van der Waals surface area contributed by atoms with Crippen molar-refractivity contribution in [3.8, 4) is 0 Å². The topological polar surface area (TPSA) is 149 Å². The molecule has 0 aliphatic carbocycles. The largest absolute Gasteiger partial charge is 0.459 e. The summed E-state index contributed by atoms with van der Waals surface area (Å²) >= 11 is 0. The molecule has 4 aromatic rings. The molecule has 1 aliphatic heterocycles. The van der Waals surface area contributed by atoms with E-state index in [2.05, 4.69) is 4.98 Å². The molecule has 4 unspecified atom stereocenters. The van der Waals surface area contributed by atoms with Gasteiger partial charge in [-0.1, -0.05) is 54.6 Å². The Balaban J connectivity index is 1.54. The van der Waals surface area contributed by atoms with Crippen LogP contribution in [0.5, 0.6) is 0 Å². The van der Waals surface area contributed by atoms with Crippen LogP contribution in [0.1, 0.15) is 44.2 Å². The first kappa shape index (κ1) is 28.2. The number of nitrogens with zero attached hydrogens (tertiary/aromatic N) is 2. The van der Waals surface area contributed by atoms with E-state index in [-0.39, 0.29) is 16.9 Å². The van der Waals surface area contributed by atoms with Crippen molar-refractivity contribution in [1.29, 1.82) is 0 Å². The normalized spacial score (nSPS) is 21.3. The minimum Gasteiger partial charge on any atom is -0.459 e. The fourth-order valence-electron chi connectivity index (χ4n) is 4.66. The van der Waals surface area contributed by atoms with Crippen molar-refractivity contribution >= 4 is 23.7 Å². The van der Waals surface area contributed by atoms with Crippen LogP contribution in [0.2, 0.25) is 0 Å². The molecule has 0 saturated carbocycles. The maximum atomic E-state index is 13.4. The predicted octanol–water partition coefficient (Wildman–Crippen LogP) is 3.42. The second kappa shape index (κ2) is 12.1. The first-order valence-corrected chi connectivity index (χ1v) is 13.0. The first-order valence-electron chi connectivity index (χ1n) is 13.0. The van der Waals surface area contributed by atoms with E-state index in [1.165, 1.54) is 19.2 Å². The van der Waals surface area contributed by atoms with Gasteiger partial charge in [0, 0.05) is 6.20 Å². The minimum atomic E-state index is -1.80. The molecule has 1 aromatic heterocycles. The molecule has 11 nitrogen and oxygen atoms in total.